The van der Waals surface area contributed by atoms with Crippen LogP contribution in [-0.2, 0) is 4.79 Å². The van der Waals surface area contributed by atoms with E-state index in [9.17, 15) is 14.9 Å². The first-order chi connectivity index (χ1) is 8.50. The quantitative estimate of drug-likeness (QED) is 0.617. The lowest BCUT2D eigenvalue weighted by Gasteiger charge is -2.16. The molecule has 0 saturated heterocycles. The highest BCUT2D eigenvalue weighted by Crippen LogP contribution is 2.37. The molecule has 96 valence electrons. The lowest BCUT2D eigenvalue weighted by molar-refractivity contribution is -0.384. The number of benzene rings is 1. The molecule has 18 heavy (non-hydrogen) atoms. The molecule has 0 spiro atoms. The van der Waals surface area contributed by atoms with Gasteiger partial charge in [-0.3, -0.25) is 10.1 Å². The summed E-state index contributed by atoms with van der Waals surface area (Å²) in [5.74, 6) is -0.892. The number of nitro groups is 1. The number of hydrogen-bond donors (Lipinski definition) is 2. The maximum Gasteiger partial charge on any atom is 0.326 e. The third kappa shape index (κ3) is 2.42. The van der Waals surface area contributed by atoms with Gasteiger partial charge >= 0.3 is 5.97 Å². The van der Waals surface area contributed by atoms with Crippen molar-refractivity contribution in [2.24, 2.45) is 5.92 Å². The van der Waals surface area contributed by atoms with Crippen molar-refractivity contribution in [2.75, 3.05) is 5.32 Å². The summed E-state index contributed by atoms with van der Waals surface area (Å²) in [6.45, 7) is 1.72. The van der Waals surface area contributed by atoms with Crippen molar-refractivity contribution in [1.29, 1.82) is 0 Å². The minimum absolute atomic E-state index is 0.0710. The number of aliphatic carboxylic acids is 1. The number of para-hydroxylation sites is 1. The van der Waals surface area contributed by atoms with Gasteiger partial charge in [0.15, 0.2) is 0 Å². The first kappa shape index (κ1) is 12.3. The predicted octanol–water partition coefficient (Wildman–Crippen LogP) is 2.18. The van der Waals surface area contributed by atoms with E-state index in [1.165, 1.54) is 6.07 Å². The second-order valence-corrected chi connectivity index (χ2v) is 4.52. The van der Waals surface area contributed by atoms with Gasteiger partial charge in [0.2, 0.25) is 0 Å². The summed E-state index contributed by atoms with van der Waals surface area (Å²) in [5, 5.41) is 22.9. The van der Waals surface area contributed by atoms with E-state index in [-0.39, 0.29) is 11.6 Å². The predicted molar refractivity (Wildman–Crippen MR) is 65.6 cm³/mol. The largest absolute Gasteiger partial charge is 0.480 e. The molecule has 6 heteroatoms. The molecule has 2 rings (SSSR count). The van der Waals surface area contributed by atoms with Gasteiger partial charge in [0, 0.05) is 6.07 Å². The molecule has 0 heterocycles. The van der Waals surface area contributed by atoms with Crippen molar-refractivity contribution < 1.29 is 14.8 Å². The Bertz CT molecular complexity index is 497. The lowest BCUT2D eigenvalue weighted by Crippen LogP contribution is -2.31. The van der Waals surface area contributed by atoms with Gasteiger partial charge in [-0.05, 0) is 31.2 Å². The van der Waals surface area contributed by atoms with Crippen LogP contribution in [0.5, 0.6) is 0 Å². The molecular formula is C12H14N2O4. The zero-order chi connectivity index (χ0) is 13.3. The summed E-state index contributed by atoms with van der Waals surface area (Å²) < 4.78 is 0. The van der Waals surface area contributed by atoms with Crippen LogP contribution in [0.25, 0.3) is 0 Å². The SMILES string of the molecule is Cc1cccc([N+](=O)[O-])c1NC(C(=O)O)C1CC1. The molecule has 0 radical (unpaired) electrons. The van der Waals surface area contributed by atoms with Crippen molar-refractivity contribution in [3.8, 4) is 0 Å². The molecule has 1 unspecified atom stereocenters. The number of carboxylic acid groups (broad SMARTS) is 1. The Labute approximate surface area is 104 Å². The Hall–Kier alpha value is -2.11. The summed E-state index contributed by atoms with van der Waals surface area (Å²) in [5.41, 5.74) is 0.903. The standard InChI is InChI=1S/C12H14N2O4/c1-7-3-2-4-9(14(17)18)10(7)13-11(12(15)16)8-5-6-8/h2-4,8,11,13H,5-6H2,1H3,(H,15,16). The Kier molecular flexibility index (Phi) is 3.18. The summed E-state index contributed by atoms with van der Waals surface area (Å²) in [6, 6.07) is 3.94. The molecule has 1 atom stereocenters. The number of carbonyl (C=O) groups is 1. The van der Waals surface area contributed by atoms with Crippen molar-refractivity contribution >= 4 is 17.3 Å². The van der Waals surface area contributed by atoms with Crippen LogP contribution in [0.4, 0.5) is 11.4 Å². The maximum absolute atomic E-state index is 11.1. The minimum atomic E-state index is -0.963. The monoisotopic (exact) mass is 250 g/mol. The van der Waals surface area contributed by atoms with Crippen LogP contribution in [0.15, 0.2) is 18.2 Å². The van der Waals surface area contributed by atoms with Crippen molar-refractivity contribution in [1.82, 2.24) is 0 Å². The molecule has 1 aromatic carbocycles. The Balaban J connectivity index is 2.32. The number of rotatable bonds is 5. The third-order valence-corrected chi connectivity index (χ3v) is 3.11. The minimum Gasteiger partial charge on any atom is -0.480 e. The van der Waals surface area contributed by atoms with E-state index < -0.39 is 16.9 Å². The summed E-state index contributed by atoms with van der Waals surface area (Å²) in [4.78, 5) is 21.6. The maximum atomic E-state index is 11.1. The average molecular weight is 250 g/mol. The van der Waals surface area contributed by atoms with E-state index in [1.54, 1.807) is 19.1 Å². The molecule has 1 aliphatic carbocycles. The zero-order valence-electron chi connectivity index (χ0n) is 9.92. The van der Waals surface area contributed by atoms with E-state index >= 15 is 0 Å². The highest BCUT2D eigenvalue weighted by atomic mass is 16.6. The average Bonchev–Trinajstić information content (AvgIpc) is 3.10. The van der Waals surface area contributed by atoms with Gasteiger partial charge in [-0.25, -0.2) is 4.79 Å². The van der Waals surface area contributed by atoms with Crippen molar-refractivity contribution in [3.05, 3.63) is 33.9 Å². The second-order valence-electron chi connectivity index (χ2n) is 4.52. The molecular weight excluding hydrogens is 236 g/mol. The summed E-state index contributed by atoms with van der Waals surface area (Å²) >= 11 is 0. The number of nitro benzene ring substituents is 1. The van der Waals surface area contributed by atoms with Crippen LogP contribution in [0.3, 0.4) is 0 Å². The first-order valence-electron chi connectivity index (χ1n) is 5.74. The molecule has 1 saturated carbocycles. The van der Waals surface area contributed by atoms with Crippen molar-refractivity contribution in [3.63, 3.8) is 0 Å². The van der Waals surface area contributed by atoms with Crippen LogP contribution >= 0.6 is 0 Å². The van der Waals surface area contributed by atoms with Gasteiger partial charge in [-0.2, -0.15) is 0 Å². The Morgan fingerprint density at radius 1 is 1.56 bits per heavy atom. The third-order valence-electron chi connectivity index (χ3n) is 3.11. The van der Waals surface area contributed by atoms with Crippen LogP contribution in [-0.4, -0.2) is 22.0 Å². The molecule has 1 fully saturated rings. The fraction of sp³-hybridized carbons (Fsp3) is 0.417. The van der Waals surface area contributed by atoms with Gasteiger partial charge in [-0.15, -0.1) is 0 Å². The topological polar surface area (TPSA) is 92.5 Å². The molecule has 0 amide bonds. The zero-order valence-corrected chi connectivity index (χ0v) is 9.92. The van der Waals surface area contributed by atoms with Gasteiger partial charge < -0.3 is 10.4 Å². The van der Waals surface area contributed by atoms with Gasteiger partial charge in [-0.1, -0.05) is 12.1 Å². The molecule has 0 aliphatic heterocycles. The molecule has 1 aromatic rings. The smallest absolute Gasteiger partial charge is 0.326 e. The van der Waals surface area contributed by atoms with E-state index in [0.717, 1.165) is 12.8 Å². The molecule has 2 N–H and O–H groups in total. The molecule has 0 aromatic heterocycles. The number of anilines is 1. The number of carboxylic acids is 1. The van der Waals surface area contributed by atoms with Gasteiger partial charge in [0.1, 0.15) is 11.7 Å². The Morgan fingerprint density at radius 3 is 2.72 bits per heavy atom. The van der Waals surface area contributed by atoms with Crippen LogP contribution in [0.2, 0.25) is 0 Å². The highest BCUT2D eigenvalue weighted by molar-refractivity contribution is 5.80. The number of nitrogens with one attached hydrogen (secondary N) is 1. The molecule has 1 aliphatic rings. The van der Waals surface area contributed by atoms with E-state index in [2.05, 4.69) is 5.32 Å². The summed E-state index contributed by atoms with van der Waals surface area (Å²) in [6.07, 6.45) is 1.70. The fourth-order valence-electron chi connectivity index (χ4n) is 1.96. The lowest BCUT2D eigenvalue weighted by atomic mass is 10.1. The van der Waals surface area contributed by atoms with Crippen LogP contribution < -0.4 is 5.32 Å². The second kappa shape index (κ2) is 4.64. The van der Waals surface area contributed by atoms with Crippen LogP contribution in [0, 0.1) is 23.0 Å². The molecule has 0 bridgehead atoms. The Morgan fingerprint density at radius 2 is 2.22 bits per heavy atom. The van der Waals surface area contributed by atoms with Gasteiger partial charge in [0.25, 0.3) is 5.69 Å². The number of hydrogen-bond acceptors (Lipinski definition) is 4. The molecule has 6 nitrogen and oxygen atoms in total. The van der Waals surface area contributed by atoms with E-state index in [0.29, 0.717) is 11.3 Å². The number of aryl methyl sites for hydroxylation is 1. The summed E-state index contributed by atoms with van der Waals surface area (Å²) in [7, 11) is 0. The van der Waals surface area contributed by atoms with Gasteiger partial charge in [0.05, 0.1) is 4.92 Å². The first-order valence-corrected chi connectivity index (χ1v) is 5.74. The van der Waals surface area contributed by atoms with Crippen molar-refractivity contribution in [2.45, 2.75) is 25.8 Å². The van der Waals surface area contributed by atoms with E-state index in [4.69, 9.17) is 5.11 Å². The van der Waals surface area contributed by atoms with Crippen LogP contribution in [0.1, 0.15) is 18.4 Å². The fourth-order valence-corrected chi connectivity index (χ4v) is 1.96. The normalized spacial score (nSPS) is 16.1. The highest BCUT2D eigenvalue weighted by Gasteiger charge is 2.37. The number of nitrogens with zero attached hydrogens (tertiary/aromatic N) is 1. The van der Waals surface area contributed by atoms with E-state index in [1.807, 2.05) is 0 Å².